The van der Waals surface area contributed by atoms with Crippen LogP contribution in [0.5, 0.6) is 0 Å². The third-order valence-electron chi connectivity index (χ3n) is 1.74. The number of carbonyl (C=O) groups excluding carboxylic acids is 1. The number of rotatable bonds is 3. The van der Waals surface area contributed by atoms with E-state index in [-0.39, 0.29) is 12.3 Å². The first kappa shape index (κ1) is 10.5. The molecular weight excluding hydrogens is 226 g/mol. The molecule has 0 spiro atoms. The van der Waals surface area contributed by atoms with Crippen LogP contribution in [0, 0.1) is 0 Å². The smallest absolute Gasteiger partial charge is 0.231 e. The Hall–Kier alpha value is -2.02. The molecule has 82 valence electrons. The van der Waals surface area contributed by atoms with Crippen molar-refractivity contribution in [3.8, 4) is 0 Å². The van der Waals surface area contributed by atoms with E-state index in [2.05, 4.69) is 20.3 Å². The number of nitrogens with one attached hydrogen (secondary N) is 1. The molecule has 2 aromatic rings. The number of nitrogens with two attached hydrogens (primary N) is 1. The maximum absolute atomic E-state index is 11.5. The van der Waals surface area contributed by atoms with Crippen LogP contribution in [0.3, 0.4) is 0 Å². The first-order valence-corrected chi connectivity index (χ1v) is 5.38. The van der Waals surface area contributed by atoms with Crippen LogP contribution in [0.25, 0.3) is 0 Å². The fourth-order valence-electron chi connectivity index (χ4n) is 1.12. The van der Waals surface area contributed by atoms with Crippen molar-refractivity contribution in [3.05, 3.63) is 29.7 Å². The molecule has 6 nitrogen and oxygen atoms in total. The summed E-state index contributed by atoms with van der Waals surface area (Å²) in [5, 5.41) is 4.83. The molecule has 0 aliphatic rings. The van der Waals surface area contributed by atoms with Gasteiger partial charge in [-0.3, -0.25) is 9.78 Å². The van der Waals surface area contributed by atoms with Gasteiger partial charge in [0.05, 0.1) is 18.3 Å². The molecule has 0 atom stereocenters. The Morgan fingerprint density at radius 1 is 1.50 bits per heavy atom. The molecule has 0 saturated heterocycles. The van der Waals surface area contributed by atoms with Crippen LogP contribution in [-0.4, -0.2) is 20.9 Å². The number of nitrogens with zero attached hydrogens (tertiary/aromatic N) is 3. The standard InChI is InChI=1S/C9H9N5OS/c10-9-13-6(5-16-9)3-8(15)14-7-4-11-1-2-12-7/h1-2,4-5H,3H2,(H2,10,13)(H,12,14,15). The molecule has 0 aliphatic heterocycles. The summed E-state index contributed by atoms with van der Waals surface area (Å²) in [7, 11) is 0. The summed E-state index contributed by atoms with van der Waals surface area (Å²) in [6.07, 6.45) is 4.71. The Morgan fingerprint density at radius 3 is 3.00 bits per heavy atom. The van der Waals surface area contributed by atoms with Gasteiger partial charge in [0.15, 0.2) is 10.9 Å². The minimum Gasteiger partial charge on any atom is -0.375 e. The van der Waals surface area contributed by atoms with Crippen molar-refractivity contribution in [2.45, 2.75) is 6.42 Å². The molecule has 0 aromatic carbocycles. The summed E-state index contributed by atoms with van der Waals surface area (Å²) in [4.78, 5) is 23.3. The molecule has 0 aliphatic carbocycles. The highest BCUT2D eigenvalue weighted by molar-refractivity contribution is 7.13. The average molecular weight is 235 g/mol. The van der Waals surface area contributed by atoms with Gasteiger partial charge in [-0.1, -0.05) is 0 Å². The van der Waals surface area contributed by atoms with Crippen molar-refractivity contribution in [2.24, 2.45) is 0 Å². The van der Waals surface area contributed by atoms with E-state index in [1.807, 2.05) is 0 Å². The molecule has 3 N–H and O–H groups in total. The van der Waals surface area contributed by atoms with E-state index in [0.29, 0.717) is 16.6 Å². The Balaban J connectivity index is 1.95. The van der Waals surface area contributed by atoms with Crippen LogP contribution in [0.2, 0.25) is 0 Å². The lowest BCUT2D eigenvalue weighted by molar-refractivity contribution is -0.115. The second kappa shape index (κ2) is 4.67. The average Bonchev–Trinajstić information content (AvgIpc) is 2.65. The minimum absolute atomic E-state index is 0.185. The normalized spacial score (nSPS) is 10.0. The third-order valence-corrected chi connectivity index (χ3v) is 2.46. The molecule has 2 aromatic heterocycles. The van der Waals surface area contributed by atoms with Gasteiger partial charge in [-0.25, -0.2) is 9.97 Å². The van der Waals surface area contributed by atoms with Crippen molar-refractivity contribution >= 4 is 28.2 Å². The van der Waals surface area contributed by atoms with E-state index in [0.717, 1.165) is 0 Å². The topological polar surface area (TPSA) is 93.8 Å². The molecule has 16 heavy (non-hydrogen) atoms. The predicted octanol–water partition coefficient (Wildman–Crippen LogP) is 0.696. The van der Waals surface area contributed by atoms with Gasteiger partial charge in [-0.05, 0) is 0 Å². The number of hydrogen-bond acceptors (Lipinski definition) is 6. The van der Waals surface area contributed by atoms with Gasteiger partial charge in [0.2, 0.25) is 5.91 Å². The SMILES string of the molecule is Nc1nc(CC(=O)Nc2cnccn2)cs1. The molecule has 0 fully saturated rings. The lowest BCUT2D eigenvalue weighted by Gasteiger charge is -2.01. The number of aromatic nitrogens is 3. The molecule has 0 radical (unpaired) electrons. The Kier molecular flexibility index (Phi) is 3.06. The largest absolute Gasteiger partial charge is 0.375 e. The monoisotopic (exact) mass is 235 g/mol. The Bertz CT molecular complexity index is 484. The van der Waals surface area contributed by atoms with Crippen LogP contribution in [0.4, 0.5) is 10.9 Å². The zero-order chi connectivity index (χ0) is 11.4. The third kappa shape index (κ3) is 2.74. The van der Waals surface area contributed by atoms with Crippen molar-refractivity contribution in [3.63, 3.8) is 0 Å². The number of thiazole rings is 1. The van der Waals surface area contributed by atoms with Gasteiger partial charge in [0, 0.05) is 17.8 Å². The zero-order valence-corrected chi connectivity index (χ0v) is 9.07. The minimum atomic E-state index is -0.189. The number of anilines is 2. The highest BCUT2D eigenvalue weighted by Crippen LogP contribution is 2.11. The molecular formula is C9H9N5OS. The van der Waals surface area contributed by atoms with Gasteiger partial charge in [-0.15, -0.1) is 11.3 Å². The van der Waals surface area contributed by atoms with Crippen LogP contribution in [-0.2, 0) is 11.2 Å². The highest BCUT2D eigenvalue weighted by Gasteiger charge is 2.07. The summed E-state index contributed by atoms with van der Waals surface area (Å²) in [5.41, 5.74) is 6.12. The maximum Gasteiger partial charge on any atom is 0.231 e. The van der Waals surface area contributed by atoms with Crippen molar-refractivity contribution < 1.29 is 4.79 Å². The molecule has 2 heterocycles. The van der Waals surface area contributed by atoms with Crippen molar-refractivity contribution in [2.75, 3.05) is 11.1 Å². The van der Waals surface area contributed by atoms with Crippen LogP contribution in [0.1, 0.15) is 5.69 Å². The maximum atomic E-state index is 11.5. The van der Waals surface area contributed by atoms with E-state index >= 15 is 0 Å². The van der Waals surface area contributed by atoms with Gasteiger partial charge in [0.25, 0.3) is 0 Å². The first-order valence-electron chi connectivity index (χ1n) is 4.50. The highest BCUT2D eigenvalue weighted by atomic mass is 32.1. The van der Waals surface area contributed by atoms with Crippen LogP contribution < -0.4 is 11.1 Å². The van der Waals surface area contributed by atoms with E-state index < -0.39 is 0 Å². The van der Waals surface area contributed by atoms with Crippen LogP contribution in [0.15, 0.2) is 24.0 Å². The van der Waals surface area contributed by atoms with Gasteiger partial charge in [0.1, 0.15) is 0 Å². The molecule has 1 amide bonds. The van der Waals surface area contributed by atoms with Gasteiger partial charge < -0.3 is 11.1 Å². The van der Waals surface area contributed by atoms with Gasteiger partial charge >= 0.3 is 0 Å². The molecule has 0 unspecified atom stereocenters. The zero-order valence-electron chi connectivity index (χ0n) is 8.25. The molecule has 0 saturated carbocycles. The second-order valence-corrected chi connectivity index (χ2v) is 3.88. The Labute approximate surface area is 95.6 Å². The predicted molar refractivity (Wildman–Crippen MR) is 60.9 cm³/mol. The summed E-state index contributed by atoms with van der Waals surface area (Å²) in [5.74, 6) is 0.238. The van der Waals surface area contributed by atoms with E-state index in [4.69, 9.17) is 5.73 Å². The van der Waals surface area contributed by atoms with Crippen LogP contribution >= 0.6 is 11.3 Å². The number of hydrogen-bond donors (Lipinski definition) is 2. The summed E-state index contributed by atoms with van der Waals surface area (Å²) in [6, 6.07) is 0. The molecule has 7 heteroatoms. The Morgan fingerprint density at radius 2 is 2.38 bits per heavy atom. The second-order valence-electron chi connectivity index (χ2n) is 2.99. The fourth-order valence-corrected chi connectivity index (χ4v) is 1.68. The lowest BCUT2D eigenvalue weighted by atomic mass is 10.3. The molecule has 0 bridgehead atoms. The molecule has 2 rings (SSSR count). The summed E-state index contributed by atoms with van der Waals surface area (Å²) < 4.78 is 0. The summed E-state index contributed by atoms with van der Waals surface area (Å²) >= 11 is 1.31. The fraction of sp³-hybridized carbons (Fsp3) is 0.111. The van der Waals surface area contributed by atoms with E-state index in [9.17, 15) is 4.79 Å². The van der Waals surface area contributed by atoms with E-state index in [1.54, 1.807) is 5.38 Å². The summed E-state index contributed by atoms with van der Waals surface area (Å²) in [6.45, 7) is 0. The van der Waals surface area contributed by atoms with Crippen molar-refractivity contribution in [1.29, 1.82) is 0 Å². The number of carbonyl (C=O) groups is 1. The first-order chi connectivity index (χ1) is 7.74. The quantitative estimate of drug-likeness (QED) is 0.816. The lowest BCUT2D eigenvalue weighted by Crippen LogP contribution is -2.15. The number of amides is 1. The van der Waals surface area contributed by atoms with Crippen molar-refractivity contribution in [1.82, 2.24) is 15.0 Å². The van der Waals surface area contributed by atoms with Gasteiger partial charge in [-0.2, -0.15) is 0 Å². The number of nitrogen functional groups attached to an aromatic ring is 1. The van der Waals surface area contributed by atoms with E-state index in [1.165, 1.54) is 29.9 Å².